The highest BCUT2D eigenvalue weighted by molar-refractivity contribution is 5.09. The van der Waals surface area contributed by atoms with Crippen molar-refractivity contribution < 1.29 is 5.11 Å². The average Bonchev–Trinajstić information content (AvgIpc) is 2.18. The number of allylic oxidation sites excluding steroid dienone is 2. The van der Waals surface area contributed by atoms with Crippen LogP contribution in [0.2, 0.25) is 0 Å². The van der Waals surface area contributed by atoms with Crippen molar-refractivity contribution in [2.45, 2.75) is 52.9 Å². The van der Waals surface area contributed by atoms with Crippen LogP contribution in [0.25, 0.3) is 0 Å². The summed E-state index contributed by atoms with van der Waals surface area (Å²) >= 11 is 0. The molecule has 1 N–H and O–H groups in total. The van der Waals surface area contributed by atoms with Crippen LogP contribution in [0.5, 0.6) is 0 Å². The van der Waals surface area contributed by atoms with E-state index in [1.807, 2.05) is 0 Å². The fourth-order valence-corrected chi connectivity index (χ4v) is 2.54. The number of hydrogen-bond acceptors (Lipinski definition) is 1. The Bertz CT molecular complexity index is 207. The minimum Gasteiger partial charge on any atom is -0.396 e. The van der Waals surface area contributed by atoms with Crippen molar-refractivity contribution in [3.05, 3.63) is 11.6 Å². The predicted octanol–water partition coefficient (Wildman–Crippen LogP) is 3.53. The zero-order valence-corrected chi connectivity index (χ0v) is 9.84. The Balaban J connectivity index is 2.68. The van der Waals surface area contributed by atoms with Crippen LogP contribution >= 0.6 is 0 Å². The number of aliphatic hydroxyl groups excluding tert-OH is 1. The van der Waals surface area contributed by atoms with Crippen LogP contribution in [0.1, 0.15) is 52.9 Å². The van der Waals surface area contributed by atoms with Gasteiger partial charge in [0.05, 0.1) is 0 Å². The molecule has 0 aliphatic heterocycles. The quantitative estimate of drug-likeness (QED) is 0.682. The van der Waals surface area contributed by atoms with Crippen molar-refractivity contribution in [1.82, 2.24) is 0 Å². The lowest BCUT2D eigenvalue weighted by atomic mass is 9.66. The molecular formula is C13H24O. The van der Waals surface area contributed by atoms with E-state index in [2.05, 4.69) is 26.8 Å². The SMILES string of the molecule is CCCCC1(CO)CC=C(C)CC1C. The summed E-state index contributed by atoms with van der Waals surface area (Å²) in [4.78, 5) is 0. The van der Waals surface area contributed by atoms with Gasteiger partial charge in [-0.05, 0) is 37.5 Å². The van der Waals surface area contributed by atoms with Crippen molar-refractivity contribution in [3.8, 4) is 0 Å². The molecule has 82 valence electrons. The molecule has 2 unspecified atom stereocenters. The first-order valence-electron chi connectivity index (χ1n) is 5.91. The van der Waals surface area contributed by atoms with Gasteiger partial charge in [-0.25, -0.2) is 0 Å². The minimum absolute atomic E-state index is 0.190. The van der Waals surface area contributed by atoms with Gasteiger partial charge < -0.3 is 5.11 Å². The summed E-state index contributed by atoms with van der Waals surface area (Å²) in [5.74, 6) is 0.643. The lowest BCUT2D eigenvalue weighted by Crippen LogP contribution is -2.35. The second-order valence-electron chi connectivity index (χ2n) is 4.98. The summed E-state index contributed by atoms with van der Waals surface area (Å²) < 4.78 is 0. The highest BCUT2D eigenvalue weighted by Crippen LogP contribution is 2.43. The molecule has 1 aliphatic carbocycles. The van der Waals surface area contributed by atoms with E-state index in [9.17, 15) is 5.11 Å². The van der Waals surface area contributed by atoms with Crippen LogP contribution in [0.4, 0.5) is 0 Å². The van der Waals surface area contributed by atoms with Gasteiger partial charge in [-0.15, -0.1) is 0 Å². The molecule has 0 amide bonds. The van der Waals surface area contributed by atoms with Gasteiger partial charge in [0.1, 0.15) is 0 Å². The summed E-state index contributed by atoms with van der Waals surface area (Å²) in [5, 5.41) is 9.60. The van der Waals surface area contributed by atoms with Crippen LogP contribution in [0.3, 0.4) is 0 Å². The molecule has 0 fully saturated rings. The van der Waals surface area contributed by atoms with Crippen molar-refractivity contribution in [2.24, 2.45) is 11.3 Å². The number of hydrogen-bond donors (Lipinski definition) is 1. The van der Waals surface area contributed by atoms with E-state index in [1.165, 1.54) is 31.3 Å². The van der Waals surface area contributed by atoms with E-state index in [0.29, 0.717) is 12.5 Å². The first-order valence-corrected chi connectivity index (χ1v) is 5.91. The standard InChI is InChI=1S/C13H24O/c1-4-5-7-13(10-14)8-6-11(2)9-12(13)3/h6,12,14H,4-5,7-10H2,1-3H3. The molecule has 0 radical (unpaired) electrons. The number of rotatable bonds is 4. The molecule has 1 aliphatic rings. The molecule has 1 rings (SSSR count). The molecule has 1 heteroatoms. The van der Waals surface area contributed by atoms with E-state index in [1.54, 1.807) is 0 Å². The molecule has 0 aromatic heterocycles. The Kier molecular flexibility index (Phi) is 4.18. The summed E-state index contributed by atoms with van der Waals surface area (Å²) in [6.07, 6.45) is 8.24. The summed E-state index contributed by atoms with van der Waals surface area (Å²) in [7, 11) is 0. The van der Waals surface area contributed by atoms with E-state index >= 15 is 0 Å². The van der Waals surface area contributed by atoms with Gasteiger partial charge >= 0.3 is 0 Å². The normalized spacial score (nSPS) is 32.9. The van der Waals surface area contributed by atoms with Gasteiger partial charge in [-0.1, -0.05) is 38.3 Å². The number of aliphatic hydroxyl groups is 1. The van der Waals surface area contributed by atoms with Crippen molar-refractivity contribution in [3.63, 3.8) is 0 Å². The highest BCUT2D eigenvalue weighted by Gasteiger charge is 2.36. The molecule has 0 saturated heterocycles. The molecule has 0 spiro atoms. The van der Waals surface area contributed by atoms with Crippen LogP contribution in [0, 0.1) is 11.3 Å². The first-order chi connectivity index (χ1) is 6.64. The fraction of sp³-hybridized carbons (Fsp3) is 0.846. The lowest BCUT2D eigenvalue weighted by Gasteiger charge is -2.40. The third kappa shape index (κ3) is 2.38. The summed E-state index contributed by atoms with van der Waals surface area (Å²) in [5.41, 5.74) is 1.69. The third-order valence-corrected chi connectivity index (χ3v) is 3.87. The average molecular weight is 196 g/mol. The molecule has 0 aromatic rings. The predicted molar refractivity (Wildman–Crippen MR) is 61.2 cm³/mol. The van der Waals surface area contributed by atoms with Gasteiger partial charge in [0, 0.05) is 6.61 Å². The Morgan fingerprint density at radius 3 is 2.79 bits per heavy atom. The van der Waals surface area contributed by atoms with E-state index in [4.69, 9.17) is 0 Å². The Morgan fingerprint density at radius 2 is 2.29 bits per heavy atom. The molecule has 0 bridgehead atoms. The van der Waals surface area contributed by atoms with Gasteiger partial charge in [0.25, 0.3) is 0 Å². The van der Waals surface area contributed by atoms with Crippen LogP contribution in [-0.4, -0.2) is 11.7 Å². The minimum atomic E-state index is 0.190. The van der Waals surface area contributed by atoms with Gasteiger partial charge in [0.15, 0.2) is 0 Å². The van der Waals surface area contributed by atoms with Crippen molar-refractivity contribution in [2.75, 3.05) is 6.61 Å². The summed E-state index contributed by atoms with van der Waals surface area (Å²) in [6.45, 7) is 7.08. The number of unbranched alkanes of at least 4 members (excludes halogenated alkanes) is 1. The second-order valence-corrected chi connectivity index (χ2v) is 4.98. The van der Waals surface area contributed by atoms with Crippen molar-refractivity contribution in [1.29, 1.82) is 0 Å². The van der Waals surface area contributed by atoms with Crippen molar-refractivity contribution >= 4 is 0 Å². The van der Waals surface area contributed by atoms with Crippen LogP contribution in [0.15, 0.2) is 11.6 Å². The maximum atomic E-state index is 9.60. The highest BCUT2D eigenvalue weighted by atomic mass is 16.3. The topological polar surface area (TPSA) is 20.2 Å². The molecule has 0 heterocycles. The zero-order chi connectivity index (χ0) is 10.6. The largest absolute Gasteiger partial charge is 0.396 e. The van der Waals surface area contributed by atoms with Crippen LogP contribution < -0.4 is 0 Å². The van der Waals surface area contributed by atoms with Gasteiger partial charge in [-0.2, -0.15) is 0 Å². The molecule has 1 nitrogen and oxygen atoms in total. The Morgan fingerprint density at radius 1 is 1.57 bits per heavy atom. The molecule has 14 heavy (non-hydrogen) atoms. The van der Waals surface area contributed by atoms with E-state index < -0.39 is 0 Å². The summed E-state index contributed by atoms with van der Waals surface area (Å²) in [6, 6.07) is 0. The molecule has 2 atom stereocenters. The second kappa shape index (κ2) is 4.97. The first kappa shape index (κ1) is 11.8. The Hall–Kier alpha value is -0.300. The molecular weight excluding hydrogens is 172 g/mol. The van der Waals surface area contributed by atoms with Gasteiger partial charge in [-0.3, -0.25) is 0 Å². The maximum absolute atomic E-state index is 9.60. The fourth-order valence-electron chi connectivity index (χ4n) is 2.54. The van der Waals surface area contributed by atoms with Gasteiger partial charge in [0.2, 0.25) is 0 Å². The molecule has 0 aromatic carbocycles. The van der Waals surface area contributed by atoms with E-state index in [-0.39, 0.29) is 5.41 Å². The lowest BCUT2D eigenvalue weighted by molar-refractivity contribution is 0.0530. The monoisotopic (exact) mass is 196 g/mol. The van der Waals surface area contributed by atoms with Crippen LogP contribution in [-0.2, 0) is 0 Å². The Labute approximate surface area is 88.2 Å². The molecule has 0 saturated carbocycles. The third-order valence-electron chi connectivity index (χ3n) is 3.87. The van der Waals surface area contributed by atoms with E-state index in [0.717, 1.165) is 6.42 Å². The zero-order valence-electron chi connectivity index (χ0n) is 9.84. The maximum Gasteiger partial charge on any atom is 0.0493 e. The smallest absolute Gasteiger partial charge is 0.0493 e.